The van der Waals surface area contributed by atoms with Crippen molar-refractivity contribution >= 4 is 18.0 Å². The molecule has 0 heterocycles. The maximum atomic E-state index is 12.0. The van der Waals surface area contributed by atoms with Crippen molar-refractivity contribution in [2.75, 3.05) is 19.8 Å². The number of carboxylic acids is 1. The largest absolute Gasteiger partial charge is 0.480 e. The molecule has 152 valence electrons. The highest BCUT2D eigenvalue weighted by atomic mass is 16.5. The fourth-order valence-corrected chi connectivity index (χ4v) is 3.38. The SMILES string of the molecule is O=C(CCNC(=O)OCC1c2ccccc2-c2ccccc21)N[C@H](CO)C(=O)O. The Morgan fingerprint density at radius 3 is 2.14 bits per heavy atom. The van der Waals surface area contributed by atoms with Crippen LogP contribution in [-0.2, 0) is 14.3 Å². The molecule has 4 N–H and O–H groups in total. The summed E-state index contributed by atoms with van der Waals surface area (Å²) in [6.07, 6.45) is -0.787. The Labute approximate surface area is 167 Å². The average Bonchev–Trinajstić information content (AvgIpc) is 3.04. The fraction of sp³-hybridized carbons (Fsp3) is 0.286. The number of amides is 2. The van der Waals surface area contributed by atoms with E-state index in [0.717, 1.165) is 22.3 Å². The van der Waals surface area contributed by atoms with Gasteiger partial charge < -0.3 is 25.6 Å². The first-order valence-electron chi connectivity index (χ1n) is 9.23. The molecule has 0 spiro atoms. The summed E-state index contributed by atoms with van der Waals surface area (Å²) in [5.41, 5.74) is 4.46. The summed E-state index contributed by atoms with van der Waals surface area (Å²) in [6, 6.07) is 14.6. The third-order valence-electron chi connectivity index (χ3n) is 4.78. The minimum atomic E-state index is -1.36. The van der Waals surface area contributed by atoms with Crippen LogP contribution < -0.4 is 10.6 Å². The third-order valence-corrected chi connectivity index (χ3v) is 4.78. The van der Waals surface area contributed by atoms with Crippen LogP contribution in [0.5, 0.6) is 0 Å². The molecule has 2 amide bonds. The van der Waals surface area contributed by atoms with E-state index >= 15 is 0 Å². The Kier molecular flexibility index (Phi) is 6.46. The third kappa shape index (κ3) is 4.72. The molecule has 0 aromatic heterocycles. The summed E-state index contributed by atoms with van der Waals surface area (Å²) < 4.78 is 5.35. The van der Waals surface area contributed by atoms with Crippen molar-refractivity contribution in [3.05, 3.63) is 59.7 Å². The summed E-state index contributed by atoms with van der Waals surface area (Å²) in [7, 11) is 0. The number of carboxylic acid groups (broad SMARTS) is 1. The van der Waals surface area contributed by atoms with E-state index in [1.165, 1.54) is 0 Å². The Morgan fingerprint density at radius 1 is 1.00 bits per heavy atom. The molecule has 8 heteroatoms. The zero-order valence-electron chi connectivity index (χ0n) is 15.6. The molecule has 3 rings (SSSR count). The zero-order chi connectivity index (χ0) is 20.8. The van der Waals surface area contributed by atoms with Gasteiger partial charge in [-0.1, -0.05) is 48.5 Å². The van der Waals surface area contributed by atoms with Crippen LogP contribution in [0.25, 0.3) is 11.1 Å². The summed E-state index contributed by atoms with van der Waals surface area (Å²) in [5, 5.41) is 22.3. The van der Waals surface area contributed by atoms with Gasteiger partial charge in [-0.3, -0.25) is 4.79 Å². The molecule has 0 unspecified atom stereocenters. The van der Waals surface area contributed by atoms with Crippen LogP contribution in [0, 0.1) is 0 Å². The lowest BCUT2D eigenvalue weighted by Crippen LogP contribution is -2.44. The lowest BCUT2D eigenvalue weighted by Gasteiger charge is -2.15. The van der Waals surface area contributed by atoms with Crippen molar-refractivity contribution < 1.29 is 29.3 Å². The molecule has 2 aromatic carbocycles. The Morgan fingerprint density at radius 2 is 1.59 bits per heavy atom. The normalized spacial score (nSPS) is 13.1. The second-order valence-electron chi connectivity index (χ2n) is 6.64. The quantitative estimate of drug-likeness (QED) is 0.534. The molecule has 0 bridgehead atoms. The van der Waals surface area contributed by atoms with Gasteiger partial charge in [0.1, 0.15) is 12.6 Å². The predicted molar refractivity (Wildman–Crippen MR) is 104 cm³/mol. The zero-order valence-corrected chi connectivity index (χ0v) is 15.6. The number of rotatable bonds is 8. The molecule has 0 radical (unpaired) electrons. The molecule has 0 aliphatic heterocycles. The summed E-state index contributed by atoms with van der Waals surface area (Å²) >= 11 is 0. The van der Waals surface area contributed by atoms with E-state index in [2.05, 4.69) is 10.6 Å². The number of alkyl carbamates (subject to hydrolysis) is 1. The van der Waals surface area contributed by atoms with E-state index in [1.807, 2.05) is 48.5 Å². The molecule has 2 aromatic rings. The highest BCUT2D eigenvalue weighted by molar-refractivity contribution is 5.84. The highest BCUT2D eigenvalue weighted by Crippen LogP contribution is 2.44. The maximum Gasteiger partial charge on any atom is 0.407 e. The molecule has 8 nitrogen and oxygen atoms in total. The minimum absolute atomic E-state index is 0.0136. The van der Waals surface area contributed by atoms with Crippen LogP contribution in [0.4, 0.5) is 4.79 Å². The van der Waals surface area contributed by atoms with Gasteiger partial charge in [-0.05, 0) is 22.3 Å². The van der Waals surface area contributed by atoms with Gasteiger partial charge in [-0.25, -0.2) is 9.59 Å². The van der Waals surface area contributed by atoms with Crippen molar-refractivity contribution in [1.29, 1.82) is 0 Å². The van der Waals surface area contributed by atoms with Gasteiger partial charge in [-0.15, -0.1) is 0 Å². The molecular formula is C21H22N2O6. The topological polar surface area (TPSA) is 125 Å². The number of benzene rings is 2. The molecule has 0 saturated heterocycles. The molecule has 1 aliphatic rings. The smallest absolute Gasteiger partial charge is 0.407 e. The van der Waals surface area contributed by atoms with Gasteiger partial charge in [-0.2, -0.15) is 0 Å². The lowest BCUT2D eigenvalue weighted by atomic mass is 9.98. The second kappa shape index (κ2) is 9.20. The average molecular weight is 398 g/mol. The molecular weight excluding hydrogens is 376 g/mol. The number of aliphatic carboxylic acids is 1. The first-order valence-corrected chi connectivity index (χ1v) is 9.23. The fourth-order valence-electron chi connectivity index (χ4n) is 3.38. The van der Waals surface area contributed by atoms with Crippen molar-refractivity contribution in [2.24, 2.45) is 0 Å². The van der Waals surface area contributed by atoms with E-state index in [0.29, 0.717) is 0 Å². The standard InChI is InChI=1S/C21H22N2O6/c24-11-18(20(26)27)23-19(25)9-10-22-21(28)29-12-17-15-7-3-1-5-13(15)14-6-2-4-8-16(14)17/h1-8,17-18,24H,9-12H2,(H,22,28)(H,23,25)(H,26,27)/t18-/m1/s1. The van der Waals surface area contributed by atoms with E-state index in [4.69, 9.17) is 14.9 Å². The molecule has 29 heavy (non-hydrogen) atoms. The molecule has 1 atom stereocenters. The Hall–Kier alpha value is -3.39. The first-order chi connectivity index (χ1) is 14.0. The van der Waals surface area contributed by atoms with Crippen molar-refractivity contribution in [2.45, 2.75) is 18.4 Å². The molecule has 0 saturated carbocycles. The van der Waals surface area contributed by atoms with E-state index < -0.39 is 30.6 Å². The monoisotopic (exact) mass is 398 g/mol. The van der Waals surface area contributed by atoms with Crippen molar-refractivity contribution in [1.82, 2.24) is 10.6 Å². The van der Waals surface area contributed by atoms with Crippen LogP contribution in [0.2, 0.25) is 0 Å². The number of aliphatic hydroxyl groups excluding tert-OH is 1. The number of ether oxygens (including phenoxy) is 1. The van der Waals surface area contributed by atoms with E-state index in [9.17, 15) is 14.4 Å². The Balaban J connectivity index is 1.49. The summed E-state index contributed by atoms with van der Waals surface area (Å²) in [6.45, 7) is -0.557. The van der Waals surface area contributed by atoms with Crippen LogP contribution in [0.3, 0.4) is 0 Å². The molecule has 1 aliphatic carbocycles. The predicted octanol–water partition coefficient (Wildman–Crippen LogP) is 1.48. The van der Waals surface area contributed by atoms with Crippen molar-refractivity contribution in [3.8, 4) is 11.1 Å². The van der Waals surface area contributed by atoms with Gasteiger partial charge in [0.25, 0.3) is 0 Å². The second-order valence-corrected chi connectivity index (χ2v) is 6.64. The van der Waals surface area contributed by atoms with Gasteiger partial charge in [0.15, 0.2) is 0 Å². The maximum absolute atomic E-state index is 12.0. The number of aliphatic hydroxyl groups is 1. The minimum Gasteiger partial charge on any atom is -0.480 e. The number of fused-ring (bicyclic) bond motifs is 3. The van der Waals surface area contributed by atoms with Gasteiger partial charge in [0.05, 0.1) is 6.61 Å². The number of carbonyl (C=O) groups is 3. The lowest BCUT2D eigenvalue weighted by molar-refractivity contribution is -0.142. The summed E-state index contributed by atoms with van der Waals surface area (Å²) in [4.78, 5) is 34.4. The summed E-state index contributed by atoms with van der Waals surface area (Å²) in [5.74, 6) is -1.98. The number of hydrogen-bond donors (Lipinski definition) is 4. The van der Waals surface area contributed by atoms with Crippen LogP contribution in [-0.4, -0.2) is 54.0 Å². The van der Waals surface area contributed by atoms with Gasteiger partial charge in [0.2, 0.25) is 5.91 Å². The van der Waals surface area contributed by atoms with Crippen LogP contribution >= 0.6 is 0 Å². The van der Waals surface area contributed by atoms with Gasteiger partial charge in [0, 0.05) is 18.9 Å². The van der Waals surface area contributed by atoms with E-state index in [-0.39, 0.29) is 25.5 Å². The molecule has 0 fully saturated rings. The van der Waals surface area contributed by atoms with Gasteiger partial charge >= 0.3 is 12.1 Å². The van der Waals surface area contributed by atoms with Crippen LogP contribution in [0.15, 0.2) is 48.5 Å². The Bertz CT molecular complexity index is 868. The number of hydrogen-bond acceptors (Lipinski definition) is 5. The number of nitrogens with one attached hydrogen (secondary N) is 2. The van der Waals surface area contributed by atoms with E-state index in [1.54, 1.807) is 0 Å². The first kappa shape index (κ1) is 20.3. The highest BCUT2D eigenvalue weighted by Gasteiger charge is 2.29. The number of carbonyl (C=O) groups excluding carboxylic acids is 2. The van der Waals surface area contributed by atoms with Crippen LogP contribution in [0.1, 0.15) is 23.5 Å². The van der Waals surface area contributed by atoms with Crippen molar-refractivity contribution in [3.63, 3.8) is 0 Å².